The number of H-pyrrole nitrogens is 1. The van der Waals surface area contributed by atoms with Crippen molar-refractivity contribution >= 4 is 27.7 Å². The molecule has 154 valence electrons. The molecule has 3 aromatic rings. The van der Waals surface area contributed by atoms with Crippen molar-refractivity contribution in [2.75, 3.05) is 19.2 Å². The van der Waals surface area contributed by atoms with Gasteiger partial charge in [-0.05, 0) is 29.8 Å². The van der Waals surface area contributed by atoms with E-state index in [4.69, 9.17) is 18.9 Å². The lowest BCUT2D eigenvalue weighted by Crippen LogP contribution is -2.23. The zero-order chi connectivity index (χ0) is 20.7. The second-order valence-electron chi connectivity index (χ2n) is 7.00. The smallest absolute Gasteiger partial charge is 0.231 e. The van der Waals surface area contributed by atoms with Crippen LogP contribution in [0.1, 0.15) is 29.0 Å². The van der Waals surface area contributed by atoms with E-state index in [-0.39, 0.29) is 18.6 Å². The summed E-state index contributed by atoms with van der Waals surface area (Å²) in [6.45, 7) is 0.545. The topological polar surface area (TPSA) is 94.7 Å². The van der Waals surface area contributed by atoms with E-state index in [1.54, 1.807) is 13.3 Å². The Balaban J connectivity index is 1.38. The van der Waals surface area contributed by atoms with Gasteiger partial charge in [0.05, 0.1) is 13.3 Å². The number of rotatable bonds is 5. The summed E-state index contributed by atoms with van der Waals surface area (Å²) in [5.74, 6) is 3.11. The maximum absolute atomic E-state index is 12.1. The number of hydrogen-bond acceptors (Lipinski definition) is 6. The number of methoxy groups -OCH3 is 1. The lowest BCUT2D eigenvalue weighted by atomic mass is 9.87. The number of carbonyl (C=O) groups excluding carboxylic acids is 1. The molecule has 0 fully saturated rings. The first-order chi connectivity index (χ1) is 14.6. The fourth-order valence-electron chi connectivity index (χ4n) is 3.69. The molecule has 2 N–H and O–H groups in total. The highest BCUT2D eigenvalue weighted by Gasteiger charge is 2.28. The first kappa shape index (κ1) is 18.8. The van der Waals surface area contributed by atoms with Crippen LogP contribution in [-0.2, 0) is 11.4 Å². The predicted octanol–water partition coefficient (Wildman–Crippen LogP) is 3.96. The Morgan fingerprint density at radius 1 is 1.20 bits per heavy atom. The number of amides is 1. The SMILES string of the molecule is COc1cc(C2CC(=O)Nc3[nH]ncc32)ccc1OCc1cc2c(cc1Br)OCO2. The number of aromatic nitrogens is 2. The summed E-state index contributed by atoms with van der Waals surface area (Å²) >= 11 is 3.55. The van der Waals surface area contributed by atoms with Crippen LogP contribution in [0.2, 0.25) is 0 Å². The van der Waals surface area contributed by atoms with E-state index >= 15 is 0 Å². The average Bonchev–Trinajstić information content (AvgIpc) is 3.40. The van der Waals surface area contributed by atoms with Crippen LogP contribution in [0.3, 0.4) is 0 Å². The van der Waals surface area contributed by atoms with Crippen LogP contribution >= 0.6 is 15.9 Å². The summed E-state index contributed by atoms with van der Waals surface area (Å²) in [6, 6.07) is 9.49. The van der Waals surface area contributed by atoms with Gasteiger partial charge in [-0.2, -0.15) is 5.10 Å². The Morgan fingerprint density at radius 3 is 2.87 bits per heavy atom. The molecule has 5 rings (SSSR count). The Labute approximate surface area is 180 Å². The van der Waals surface area contributed by atoms with E-state index in [2.05, 4.69) is 31.4 Å². The molecule has 1 aromatic heterocycles. The van der Waals surface area contributed by atoms with Crippen molar-refractivity contribution in [3.63, 3.8) is 0 Å². The van der Waals surface area contributed by atoms with Crippen molar-refractivity contribution in [2.24, 2.45) is 0 Å². The number of aromatic amines is 1. The molecule has 1 amide bonds. The van der Waals surface area contributed by atoms with E-state index in [0.29, 0.717) is 41.8 Å². The minimum Gasteiger partial charge on any atom is -0.493 e. The monoisotopic (exact) mass is 471 g/mol. The second kappa shape index (κ2) is 7.56. The minimum absolute atomic E-state index is 0.0521. The molecule has 9 heteroatoms. The Hall–Kier alpha value is -3.20. The van der Waals surface area contributed by atoms with Gasteiger partial charge in [0.15, 0.2) is 23.0 Å². The highest BCUT2D eigenvalue weighted by molar-refractivity contribution is 9.10. The quantitative estimate of drug-likeness (QED) is 0.584. The van der Waals surface area contributed by atoms with Gasteiger partial charge in [0.25, 0.3) is 0 Å². The molecule has 2 aromatic carbocycles. The first-order valence-electron chi connectivity index (χ1n) is 9.34. The van der Waals surface area contributed by atoms with Gasteiger partial charge in [0, 0.05) is 27.9 Å². The molecule has 0 saturated carbocycles. The molecule has 0 radical (unpaired) electrons. The van der Waals surface area contributed by atoms with Crippen molar-refractivity contribution in [2.45, 2.75) is 18.9 Å². The molecule has 0 saturated heterocycles. The molecule has 0 bridgehead atoms. The number of nitrogens with one attached hydrogen (secondary N) is 2. The largest absolute Gasteiger partial charge is 0.493 e. The normalized spacial score (nSPS) is 16.7. The molecule has 0 spiro atoms. The van der Waals surface area contributed by atoms with Crippen molar-refractivity contribution in [1.82, 2.24) is 10.2 Å². The molecular formula is C21H18BrN3O5. The molecule has 0 aliphatic carbocycles. The Morgan fingerprint density at radius 2 is 2.03 bits per heavy atom. The zero-order valence-corrected chi connectivity index (χ0v) is 17.6. The van der Waals surface area contributed by atoms with E-state index in [1.165, 1.54) is 0 Å². The van der Waals surface area contributed by atoms with Crippen LogP contribution < -0.4 is 24.3 Å². The third-order valence-corrected chi connectivity index (χ3v) is 5.95. The number of benzene rings is 2. The Bertz CT molecular complexity index is 1130. The number of carbonyl (C=O) groups is 1. The summed E-state index contributed by atoms with van der Waals surface area (Å²) in [7, 11) is 1.60. The number of hydrogen-bond donors (Lipinski definition) is 2. The second-order valence-corrected chi connectivity index (χ2v) is 7.86. The maximum Gasteiger partial charge on any atom is 0.231 e. The van der Waals surface area contributed by atoms with Crippen molar-refractivity contribution in [3.8, 4) is 23.0 Å². The van der Waals surface area contributed by atoms with Crippen LogP contribution in [0.15, 0.2) is 41.0 Å². The molecule has 30 heavy (non-hydrogen) atoms. The van der Waals surface area contributed by atoms with E-state index in [0.717, 1.165) is 21.2 Å². The number of nitrogens with zero attached hydrogens (tertiary/aromatic N) is 1. The minimum atomic E-state index is -0.0987. The van der Waals surface area contributed by atoms with Gasteiger partial charge >= 0.3 is 0 Å². The van der Waals surface area contributed by atoms with E-state index in [1.807, 2.05) is 30.3 Å². The van der Waals surface area contributed by atoms with Crippen LogP contribution in [-0.4, -0.2) is 30.0 Å². The third kappa shape index (κ3) is 3.35. The predicted molar refractivity (Wildman–Crippen MR) is 111 cm³/mol. The maximum atomic E-state index is 12.1. The van der Waals surface area contributed by atoms with E-state index in [9.17, 15) is 4.79 Å². The van der Waals surface area contributed by atoms with Gasteiger partial charge < -0.3 is 24.3 Å². The highest BCUT2D eigenvalue weighted by atomic mass is 79.9. The molecule has 1 unspecified atom stereocenters. The molecule has 8 nitrogen and oxygen atoms in total. The summed E-state index contributed by atoms with van der Waals surface area (Å²) in [6.07, 6.45) is 2.09. The van der Waals surface area contributed by atoms with Gasteiger partial charge in [0.1, 0.15) is 12.4 Å². The molecule has 2 aliphatic heterocycles. The molecule has 3 heterocycles. The van der Waals surface area contributed by atoms with Crippen LogP contribution in [0.4, 0.5) is 5.82 Å². The summed E-state index contributed by atoms with van der Waals surface area (Å²) in [5, 5.41) is 9.68. The van der Waals surface area contributed by atoms with Crippen molar-refractivity contribution in [3.05, 3.63) is 57.7 Å². The average molecular weight is 472 g/mol. The number of fused-ring (bicyclic) bond motifs is 2. The third-order valence-electron chi connectivity index (χ3n) is 5.21. The lowest BCUT2D eigenvalue weighted by molar-refractivity contribution is -0.116. The van der Waals surface area contributed by atoms with Crippen LogP contribution in [0.25, 0.3) is 0 Å². The van der Waals surface area contributed by atoms with E-state index < -0.39 is 0 Å². The summed E-state index contributed by atoms with van der Waals surface area (Å²) in [4.78, 5) is 12.1. The summed E-state index contributed by atoms with van der Waals surface area (Å²) in [5.41, 5.74) is 2.84. The van der Waals surface area contributed by atoms with Gasteiger partial charge in [-0.1, -0.05) is 22.0 Å². The number of anilines is 1. The van der Waals surface area contributed by atoms with Crippen LogP contribution in [0.5, 0.6) is 23.0 Å². The highest BCUT2D eigenvalue weighted by Crippen LogP contribution is 2.40. The van der Waals surface area contributed by atoms with Crippen LogP contribution in [0, 0.1) is 0 Å². The lowest BCUT2D eigenvalue weighted by Gasteiger charge is -2.23. The van der Waals surface area contributed by atoms with Crippen molar-refractivity contribution < 1.29 is 23.7 Å². The number of halogens is 1. The fourth-order valence-corrected chi connectivity index (χ4v) is 4.13. The summed E-state index contributed by atoms with van der Waals surface area (Å²) < 4.78 is 23.3. The fraction of sp³-hybridized carbons (Fsp3) is 0.238. The van der Waals surface area contributed by atoms with Crippen molar-refractivity contribution in [1.29, 1.82) is 0 Å². The van der Waals surface area contributed by atoms with Gasteiger partial charge in [0.2, 0.25) is 12.7 Å². The van der Waals surface area contributed by atoms with Gasteiger partial charge in [-0.3, -0.25) is 9.89 Å². The zero-order valence-electron chi connectivity index (χ0n) is 16.0. The standard InChI is InChI=1S/C21H18BrN3O5/c1-27-17-4-11(13-6-20(26)24-21-14(13)8-23-25-21)2-3-16(17)28-9-12-5-18-19(7-15(12)22)30-10-29-18/h2-5,7-8,13H,6,9-10H2,1H3,(H2,23,24,25,26). The van der Waals surface area contributed by atoms with Gasteiger partial charge in [-0.15, -0.1) is 0 Å². The molecule has 2 aliphatic rings. The first-order valence-corrected chi connectivity index (χ1v) is 10.1. The number of ether oxygens (including phenoxy) is 4. The Kier molecular flexibility index (Phi) is 4.74. The molecule has 1 atom stereocenters. The van der Waals surface area contributed by atoms with Gasteiger partial charge in [-0.25, -0.2) is 0 Å². The molecular weight excluding hydrogens is 454 g/mol.